The summed E-state index contributed by atoms with van der Waals surface area (Å²) in [6, 6.07) is 0. The molecular weight excluding hydrogens is 359 g/mol. The molecule has 0 atom stereocenters. The SMILES string of the molecule is CCNC(=NCCc1nccs1)NC(C)(C)C.I. The van der Waals surface area contributed by atoms with E-state index in [-0.39, 0.29) is 29.5 Å². The van der Waals surface area contributed by atoms with Crippen molar-refractivity contribution in [2.45, 2.75) is 39.7 Å². The van der Waals surface area contributed by atoms with Crippen LogP contribution < -0.4 is 10.6 Å². The molecule has 18 heavy (non-hydrogen) atoms. The van der Waals surface area contributed by atoms with Gasteiger partial charge in [-0.2, -0.15) is 0 Å². The Hall–Kier alpha value is -0.370. The van der Waals surface area contributed by atoms with Crippen molar-refractivity contribution in [1.82, 2.24) is 15.6 Å². The van der Waals surface area contributed by atoms with E-state index in [0.717, 1.165) is 30.5 Å². The number of nitrogens with one attached hydrogen (secondary N) is 2. The van der Waals surface area contributed by atoms with E-state index in [4.69, 9.17) is 0 Å². The number of rotatable bonds is 4. The van der Waals surface area contributed by atoms with Gasteiger partial charge in [0.15, 0.2) is 5.96 Å². The molecule has 0 radical (unpaired) electrons. The van der Waals surface area contributed by atoms with Crippen LogP contribution in [0.5, 0.6) is 0 Å². The van der Waals surface area contributed by atoms with E-state index < -0.39 is 0 Å². The van der Waals surface area contributed by atoms with Gasteiger partial charge in [-0.1, -0.05) is 0 Å². The Morgan fingerprint density at radius 3 is 2.67 bits per heavy atom. The Morgan fingerprint density at radius 1 is 1.44 bits per heavy atom. The van der Waals surface area contributed by atoms with Gasteiger partial charge in [-0.25, -0.2) is 4.98 Å². The number of thiazole rings is 1. The summed E-state index contributed by atoms with van der Waals surface area (Å²) in [6.07, 6.45) is 2.74. The minimum atomic E-state index is 0. The standard InChI is InChI=1S/C12H22N4S.HI/c1-5-13-11(16-12(2,3)4)15-7-6-10-14-8-9-17-10;/h8-9H,5-7H2,1-4H3,(H2,13,15,16);1H. The average Bonchev–Trinajstić information content (AvgIpc) is 2.68. The van der Waals surface area contributed by atoms with Crippen molar-refractivity contribution >= 4 is 41.3 Å². The maximum Gasteiger partial charge on any atom is 0.191 e. The molecule has 6 heteroatoms. The molecule has 0 aromatic carbocycles. The highest BCUT2D eigenvalue weighted by Crippen LogP contribution is 2.04. The Labute approximate surface area is 131 Å². The molecule has 0 aliphatic heterocycles. The molecule has 1 rings (SSSR count). The van der Waals surface area contributed by atoms with E-state index in [1.807, 2.05) is 11.6 Å². The number of hydrogen-bond donors (Lipinski definition) is 2. The number of aliphatic imine (C=N–C) groups is 1. The number of guanidine groups is 1. The molecule has 0 spiro atoms. The van der Waals surface area contributed by atoms with Gasteiger partial charge in [0.05, 0.1) is 5.01 Å². The number of hydrogen-bond acceptors (Lipinski definition) is 3. The van der Waals surface area contributed by atoms with E-state index in [9.17, 15) is 0 Å². The summed E-state index contributed by atoms with van der Waals surface area (Å²) in [5, 5.41) is 9.74. The fourth-order valence-corrected chi connectivity index (χ4v) is 1.91. The van der Waals surface area contributed by atoms with E-state index >= 15 is 0 Å². The third-order valence-electron chi connectivity index (χ3n) is 1.92. The second kappa shape index (κ2) is 8.68. The molecule has 0 saturated carbocycles. The first kappa shape index (κ1) is 17.6. The van der Waals surface area contributed by atoms with Gasteiger partial charge in [0.1, 0.15) is 0 Å². The van der Waals surface area contributed by atoms with Gasteiger partial charge in [-0.15, -0.1) is 35.3 Å². The average molecular weight is 382 g/mol. The molecule has 104 valence electrons. The monoisotopic (exact) mass is 382 g/mol. The molecule has 1 aromatic heterocycles. The predicted octanol–water partition coefficient (Wildman–Crippen LogP) is 2.66. The number of nitrogens with zero attached hydrogens (tertiary/aromatic N) is 2. The van der Waals surface area contributed by atoms with Crippen LogP contribution in [0.15, 0.2) is 16.6 Å². The van der Waals surface area contributed by atoms with Crippen LogP contribution in [0.25, 0.3) is 0 Å². The zero-order chi connectivity index (χ0) is 12.7. The summed E-state index contributed by atoms with van der Waals surface area (Å²) in [5.41, 5.74) is 0.0299. The van der Waals surface area contributed by atoms with Crippen molar-refractivity contribution in [1.29, 1.82) is 0 Å². The predicted molar refractivity (Wildman–Crippen MR) is 90.1 cm³/mol. The maximum absolute atomic E-state index is 4.53. The Morgan fingerprint density at radius 2 is 2.17 bits per heavy atom. The number of halogens is 1. The second-order valence-corrected chi connectivity index (χ2v) is 5.79. The smallest absolute Gasteiger partial charge is 0.191 e. The van der Waals surface area contributed by atoms with E-state index in [0.29, 0.717) is 0 Å². The first-order valence-corrected chi connectivity index (χ1v) is 6.84. The highest BCUT2D eigenvalue weighted by Gasteiger charge is 2.11. The zero-order valence-electron chi connectivity index (χ0n) is 11.5. The first-order valence-electron chi connectivity index (χ1n) is 5.96. The van der Waals surface area contributed by atoms with Crippen LogP contribution in [0.4, 0.5) is 0 Å². The molecule has 4 nitrogen and oxygen atoms in total. The molecule has 0 bridgehead atoms. The fourth-order valence-electron chi connectivity index (χ4n) is 1.30. The Bertz CT molecular complexity index is 343. The molecule has 0 aliphatic carbocycles. The second-order valence-electron chi connectivity index (χ2n) is 4.81. The summed E-state index contributed by atoms with van der Waals surface area (Å²) in [7, 11) is 0. The van der Waals surface area contributed by atoms with Crippen molar-refractivity contribution in [2.24, 2.45) is 4.99 Å². The Kier molecular flexibility index (Phi) is 8.51. The maximum atomic E-state index is 4.53. The highest BCUT2D eigenvalue weighted by molar-refractivity contribution is 14.0. The quantitative estimate of drug-likeness (QED) is 0.478. The lowest BCUT2D eigenvalue weighted by Gasteiger charge is -2.23. The van der Waals surface area contributed by atoms with Crippen molar-refractivity contribution < 1.29 is 0 Å². The van der Waals surface area contributed by atoms with Gasteiger partial charge in [0, 0.05) is 36.6 Å². The summed E-state index contributed by atoms with van der Waals surface area (Å²) in [4.78, 5) is 8.78. The molecule has 1 aromatic rings. The van der Waals surface area contributed by atoms with Gasteiger partial charge < -0.3 is 10.6 Å². The minimum Gasteiger partial charge on any atom is -0.357 e. The summed E-state index contributed by atoms with van der Waals surface area (Å²) in [5.74, 6) is 0.872. The first-order chi connectivity index (χ1) is 8.01. The molecule has 2 N–H and O–H groups in total. The minimum absolute atomic E-state index is 0. The summed E-state index contributed by atoms with van der Waals surface area (Å²) in [6.45, 7) is 10.1. The molecule has 0 saturated heterocycles. The fraction of sp³-hybridized carbons (Fsp3) is 0.667. The molecule has 0 amide bonds. The molecule has 0 fully saturated rings. The van der Waals surface area contributed by atoms with Crippen LogP contribution in [0.3, 0.4) is 0 Å². The lowest BCUT2D eigenvalue weighted by atomic mass is 10.1. The van der Waals surface area contributed by atoms with Gasteiger partial charge in [0.25, 0.3) is 0 Å². The topological polar surface area (TPSA) is 49.3 Å². The van der Waals surface area contributed by atoms with Gasteiger partial charge in [0.2, 0.25) is 0 Å². The third-order valence-corrected chi connectivity index (χ3v) is 2.76. The van der Waals surface area contributed by atoms with Gasteiger partial charge in [-0.05, 0) is 27.7 Å². The molecular formula is C12H23IN4S. The number of aromatic nitrogens is 1. The van der Waals surface area contributed by atoms with E-state index in [2.05, 4.69) is 48.3 Å². The van der Waals surface area contributed by atoms with Crippen LogP contribution >= 0.6 is 35.3 Å². The van der Waals surface area contributed by atoms with Crippen molar-refractivity contribution in [2.75, 3.05) is 13.1 Å². The van der Waals surface area contributed by atoms with Gasteiger partial charge >= 0.3 is 0 Å². The van der Waals surface area contributed by atoms with E-state index in [1.54, 1.807) is 11.3 Å². The Balaban J connectivity index is 0.00000289. The largest absolute Gasteiger partial charge is 0.357 e. The third kappa shape index (κ3) is 7.86. The molecule has 0 aliphatic rings. The van der Waals surface area contributed by atoms with Crippen molar-refractivity contribution in [3.05, 3.63) is 16.6 Å². The van der Waals surface area contributed by atoms with E-state index in [1.165, 1.54) is 0 Å². The van der Waals surface area contributed by atoms with Crippen LogP contribution in [-0.2, 0) is 6.42 Å². The van der Waals surface area contributed by atoms with Crippen LogP contribution in [0.2, 0.25) is 0 Å². The van der Waals surface area contributed by atoms with Crippen molar-refractivity contribution in [3.8, 4) is 0 Å². The summed E-state index contributed by atoms with van der Waals surface area (Å²) >= 11 is 1.68. The van der Waals surface area contributed by atoms with Crippen LogP contribution in [-0.4, -0.2) is 29.6 Å². The van der Waals surface area contributed by atoms with Crippen molar-refractivity contribution in [3.63, 3.8) is 0 Å². The zero-order valence-corrected chi connectivity index (χ0v) is 14.6. The normalized spacial score (nSPS) is 11.9. The lowest BCUT2D eigenvalue weighted by Crippen LogP contribution is -2.47. The highest BCUT2D eigenvalue weighted by atomic mass is 127. The molecule has 0 unspecified atom stereocenters. The lowest BCUT2D eigenvalue weighted by molar-refractivity contribution is 0.501. The van der Waals surface area contributed by atoms with Crippen LogP contribution in [0.1, 0.15) is 32.7 Å². The van der Waals surface area contributed by atoms with Gasteiger partial charge in [-0.3, -0.25) is 4.99 Å². The van der Waals surface area contributed by atoms with Crippen LogP contribution in [0, 0.1) is 0 Å². The summed E-state index contributed by atoms with van der Waals surface area (Å²) < 4.78 is 0. The molecule has 1 heterocycles.